The van der Waals surface area contributed by atoms with Crippen LogP contribution < -0.4 is 10.5 Å². The molecule has 0 spiro atoms. The molecule has 9 heteroatoms. The average molecular weight is 381 g/mol. The summed E-state index contributed by atoms with van der Waals surface area (Å²) in [6.45, 7) is 7.20. The van der Waals surface area contributed by atoms with Crippen LogP contribution in [-0.4, -0.2) is 41.8 Å². The van der Waals surface area contributed by atoms with Gasteiger partial charge in [-0.3, -0.25) is 9.78 Å². The van der Waals surface area contributed by atoms with Crippen LogP contribution in [0.25, 0.3) is 22.9 Å². The van der Waals surface area contributed by atoms with Crippen LogP contribution in [0.1, 0.15) is 37.8 Å². The van der Waals surface area contributed by atoms with Crippen LogP contribution in [-0.2, 0) is 17.8 Å². The molecule has 0 bridgehead atoms. The summed E-state index contributed by atoms with van der Waals surface area (Å²) in [5.41, 5.74) is 7.60. The summed E-state index contributed by atoms with van der Waals surface area (Å²) in [4.78, 5) is 24.9. The number of carbonyl (C=O) groups is 1. The molecular formula is C19H23N7O2. The zero-order valence-corrected chi connectivity index (χ0v) is 16.2. The number of nitrogens with zero attached hydrogens (tertiary/aromatic N) is 6. The molecule has 0 aliphatic carbocycles. The number of fused-ring (bicyclic) bond motifs is 3. The van der Waals surface area contributed by atoms with Crippen molar-refractivity contribution >= 4 is 5.91 Å². The van der Waals surface area contributed by atoms with Gasteiger partial charge in [-0.15, -0.1) is 0 Å². The molecule has 2 N–H and O–H groups in total. The van der Waals surface area contributed by atoms with Gasteiger partial charge in [-0.2, -0.15) is 5.10 Å². The van der Waals surface area contributed by atoms with Crippen LogP contribution in [0.5, 0.6) is 5.75 Å². The number of carbonyl (C=O) groups excluding carboxylic acids is 1. The van der Waals surface area contributed by atoms with E-state index >= 15 is 0 Å². The van der Waals surface area contributed by atoms with Gasteiger partial charge in [0.25, 0.3) is 0 Å². The summed E-state index contributed by atoms with van der Waals surface area (Å²) >= 11 is 0. The standard InChI is InChI=1S/C19H23N7O2/c1-11(2)26-19(22-12(3)24-26)15-10-25-6-7-28-16-8-13(4-5-17(20)27)21-9-14(16)18(25)23-15/h8-11H,4-7H2,1-3H3,(H2,20,27). The smallest absolute Gasteiger partial charge is 0.217 e. The second-order valence-electron chi connectivity index (χ2n) is 7.15. The monoisotopic (exact) mass is 381 g/mol. The lowest BCUT2D eigenvalue weighted by molar-refractivity contribution is -0.118. The maximum Gasteiger partial charge on any atom is 0.217 e. The van der Waals surface area contributed by atoms with E-state index in [-0.39, 0.29) is 18.4 Å². The maximum atomic E-state index is 11.0. The molecule has 3 aromatic heterocycles. The van der Waals surface area contributed by atoms with Gasteiger partial charge in [0.15, 0.2) is 5.82 Å². The molecule has 0 saturated heterocycles. The number of aryl methyl sites for hydroxylation is 2. The maximum absolute atomic E-state index is 11.0. The molecular weight excluding hydrogens is 358 g/mol. The summed E-state index contributed by atoms with van der Waals surface area (Å²) in [5.74, 6) is 2.62. The Labute approximate surface area is 162 Å². The molecule has 1 aliphatic rings. The van der Waals surface area contributed by atoms with Crippen molar-refractivity contribution in [1.82, 2.24) is 29.3 Å². The topological polar surface area (TPSA) is 114 Å². The van der Waals surface area contributed by atoms with Crippen LogP contribution in [0.2, 0.25) is 0 Å². The number of ether oxygens (including phenoxy) is 1. The molecule has 0 fully saturated rings. The van der Waals surface area contributed by atoms with E-state index in [4.69, 9.17) is 15.5 Å². The van der Waals surface area contributed by atoms with Gasteiger partial charge < -0.3 is 15.0 Å². The Morgan fingerprint density at radius 3 is 2.89 bits per heavy atom. The van der Waals surface area contributed by atoms with Gasteiger partial charge in [-0.05, 0) is 27.2 Å². The van der Waals surface area contributed by atoms with Crippen molar-refractivity contribution in [2.75, 3.05) is 6.61 Å². The molecule has 28 heavy (non-hydrogen) atoms. The minimum absolute atomic E-state index is 0.183. The third kappa shape index (κ3) is 3.35. The minimum Gasteiger partial charge on any atom is -0.491 e. The van der Waals surface area contributed by atoms with Gasteiger partial charge in [0, 0.05) is 36.6 Å². The van der Waals surface area contributed by atoms with Gasteiger partial charge in [-0.25, -0.2) is 14.6 Å². The Bertz CT molecular complexity index is 1040. The molecule has 9 nitrogen and oxygen atoms in total. The second kappa shape index (κ2) is 7.06. The van der Waals surface area contributed by atoms with Crippen molar-refractivity contribution in [3.05, 3.63) is 30.0 Å². The molecule has 1 amide bonds. The predicted molar refractivity (Wildman–Crippen MR) is 103 cm³/mol. The number of primary amides is 1. The lowest BCUT2D eigenvalue weighted by atomic mass is 10.1. The Morgan fingerprint density at radius 2 is 2.14 bits per heavy atom. The zero-order chi connectivity index (χ0) is 19.8. The number of hydrogen-bond acceptors (Lipinski definition) is 6. The fourth-order valence-corrected chi connectivity index (χ4v) is 3.28. The van der Waals surface area contributed by atoms with E-state index < -0.39 is 0 Å². The van der Waals surface area contributed by atoms with Crippen molar-refractivity contribution in [3.63, 3.8) is 0 Å². The van der Waals surface area contributed by atoms with Crippen LogP contribution >= 0.6 is 0 Å². The van der Waals surface area contributed by atoms with E-state index in [9.17, 15) is 4.79 Å². The van der Waals surface area contributed by atoms with Crippen LogP contribution in [0.4, 0.5) is 0 Å². The number of amides is 1. The first-order valence-electron chi connectivity index (χ1n) is 9.33. The van der Waals surface area contributed by atoms with E-state index in [2.05, 4.69) is 33.5 Å². The van der Waals surface area contributed by atoms with Crippen molar-refractivity contribution in [2.45, 2.75) is 46.2 Å². The molecule has 0 atom stereocenters. The van der Waals surface area contributed by atoms with Crippen LogP contribution in [0.15, 0.2) is 18.5 Å². The fraction of sp³-hybridized carbons (Fsp3) is 0.421. The second-order valence-corrected chi connectivity index (χ2v) is 7.15. The molecule has 146 valence electrons. The van der Waals surface area contributed by atoms with E-state index in [0.29, 0.717) is 25.3 Å². The normalized spacial score (nSPS) is 13.0. The lowest BCUT2D eigenvalue weighted by Gasteiger charge is -2.08. The van der Waals surface area contributed by atoms with E-state index in [0.717, 1.165) is 34.4 Å². The molecule has 0 saturated carbocycles. The third-order valence-corrected chi connectivity index (χ3v) is 4.61. The molecule has 1 aliphatic heterocycles. The number of imidazole rings is 1. The highest BCUT2D eigenvalue weighted by Gasteiger charge is 2.23. The molecule has 4 rings (SSSR count). The molecule has 4 heterocycles. The molecule has 0 radical (unpaired) electrons. The zero-order valence-electron chi connectivity index (χ0n) is 16.2. The number of aromatic nitrogens is 6. The third-order valence-electron chi connectivity index (χ3n) is 4.61. The fourth-order valence-electron chi connectivity index (χ4n) is 3.28. The van der Waals surface area contributed by atoms with Crippen molar-refractivity contribution in [2.24, 2.45) is 5.73 Å². The largest absolute Gasteiger partial charge is 0.491 e. The number of pyridine rings is 1. The summed E-state index contributed by atoms with van der Waals surface area (Å²) in [6.07, 6.45) is 4.48. The van der Waals surface area contributed by atoms with Crippen LogP contribution in [0.3, 0.4) is 0 Å². The van der Waals surface area contributed by atoms with E-state index in [1.54, 1.807) is 6.20 Å². The van der Waals surface area contributed by atoms with Gasteiger partial charge >= 0.3 is 0 Å². The van der Waals surface area contributed by atoms with Gasteiger partial charge in [-0.1, -0.05) is 0 Å². The molecule has 3 aromatic rings. The highest BCUT2D eigenvalue weighted by molar-refractivity contribution is 5.74. The highest BCUT2D eigenvalue weighted by atomic mass is 16.5. The average Bonchev–Trinajstić information content (AvgIpc) is 3.20. The van der Waals surface area contributed by atoms with Crippen molar-refractivity contribution < 1.29 is 9.53 Å². The van der Waals surface area contributed by atoms with E-state index in [1.165, 1.54) is 0 Å². The number of rotatable bonds is 5. The Morgan fingerprint density at radius 1 is 1.32 bits per heavy atom. The van der Waals surface area contributed by atoms with Gasteiger partial charge in [0.2, 0.25) is 5.91 Å². The summed E-state index contributed by atoms with van der Waals surface area (Å²) in [7, 11) is 0. The first kappa shape index (κ1) is 18.1. The Balaban J connectivity index is 1.74. The predicted octanol–water partition coefficient (Wildman–Crippen LogP) is 1.90. The summed E-state index contributed by atoms with van der Waals surface area (Å²) in [6, 6.07) is 2.05. The van der Waals surface area contributed by atoms with Gasteiger partial charge in [0.1, 0.15) is 29.7 Å². The van der Waals surface area contributed by atoms with Crippen molar-refractivity contribution in [3.8, 4) is 28.7 Å². The van der Waals surface area contributed by atoms with Crippen molar-refractivity contribution in [1.29, 1.82) is 0 Å². The Hall–Kier alpha value is -3.23. The first-order valence-corrected chi connectivity index (χ1v) is 9.33. The summed E-state index contributed by atoms with van der Waals surface area (Å²) < 4.78 is 9.84. The molecule has 0 unspecified atom stereocenters. The minimum atomic E-state index is -0.345. The quantitative estimate of drug-likeness (QED) is 0.722. The lowest BCUT2D eigenvalue weighted by Crippen LogP contribution is -2.11. The first-order chi connectivity index (χ1) is 13.4. The Kier molecular flexibility index (Phi) is 4.58. The highest BCUT2D eigenvalue weighted by Crippen LogP contribution is 2.34. The molecule has 0 aromatic carbocycles. The van der Waals surface area contributed by atoms with Crippen LogP contribution in [0, 0.1) is 6.92 Å². The van der Waals surface area contributed by atoms with E-state index in [1.807, 2.05) is 23.9 Å². The van der Waals surface area contributed by atoms with Gasteiger partial charge in [0.05, 0.1) is 12.1 Å². The number of nitrogens with two attached hydrogens (primary N) is 1. The SMILES string of the molecule is Cc1nc(-c2cn3c(n2)-c2cnc(CCC(N)=O)cc2OCC3)n(C(C)C)n1. The summed E-state index contributed by atoms with van der Waals surface area (Å²) in [5, 5.41) is 4.48. The number of hydrogen-bond donors (Lipinski definition) is 1.